The molecule has 0 aliphatic heterocycles. The fourth-order valence-corrected chi connectivity index (χ4v) is 1.20. The fourth-order valence-electron chi connectivity index (χ4n) is 1.20. The summed E-state index contributed by atoms with van der Waals surface area (Å²) in [5.41, 5.74) is 2.06. The lowest BCUT2D eigenvalue weighted by Crippen LogP contribution is -2.28. The van der Waals surface area contributed by atoms with Crippen LogP contribution in [0.25, 0.3) is 0 Å². The average molecular weight is 192 g/mol. The van der Waals surface area contributed by atoms with Crippen LogP contribution in [0, 0.1) is 0 Å². The number of urea groups is 1. The van der Waals surface area contributed by atoms with Gasteiger partial charge in [0, 0.05) is 12.2 Å². The summed E-state index contributed by atoms with van der Waals surface area (Å²) in [7, 11) is 0. The van der Waals surface area contributed by atoms with Crippen LogP contribution in [0.3, 0.4) is 0 Å². The van der Waals surface area contributed by atoms with E-state index in [1.165, 1.54) is 5.56 Å². The van der Waals surface area contributed by atoms with Gasteiger partial charge in [0.1, 0.15) is 0 Å². The van der Waals surface area contributed by atoms with Crippen LogP contribution in [0.2, 0.25) is 0 Å². The molecule has 0 aromatic heterocycles. The van der Waals surface area contributed by atoms with Crippen molar-refractivity contribution >= 4 is 11.7 Å². The molecule has 2 amide bonds. The molecule has 14 heavy (non-hydrogen) atoms. The van der Waals surface area contributed by atoms with Gasteiger partial charge in [0.05, 0.1) is 0 Å². The number of nitrogens with one attached hydrogen (secondary N) is 2. The van der Waals surface area contributed by atoms with E-state index < -0.39 is 0 Å². The molecule has 0 bridgehead atoms. The lowest BCUT2D eigenvalue weighted by molar-refractivity contribution is 0.252. The zero-order valence-corrected chi connectivity index (χ0v) is 8.63. The third kappa shape index (κ3) is 3.09. The Morgan fingerprint density at radius 2 is 2.14 bits per heavy atom. The van der Waals surface area contributed by atoms with Gasteiger partial charge in [0.2, 0.25) is 0 Å². The molecule has 76 valence electrons. The van der Waals surface area contributed by atoms with Gasteiger partial charge in [-0.2, -0.15) is 0 Å². The predicted octanol–water partition coefficient (Wildman–Crippen LogP) is 2.39. The SMILES string of the molecule is CCNC(=O)Nc1cccc(CC)c1. The van der Waals surface area contributed by atoms with E-state index in [9.17, 15) is 4.79 Å². The normalized spacial score (nSPS) is 9.57. The first-order valence-electron chi connectivity index (χ1n) is 4.90. The molecule has 0 unspecified atom stereocenters. The molecule has 0 saturated carbocycles. The first kappa shape index (κ1) is 10.6. The summed E-state index contributed by atoms with van der Waals surface area (Å²) in [4.78, 5) is 11.2. The zero-order valence-electron chi connectivity index (χ0n) is 8.63. The van der Waals surface area contributed by atoms with Crippen molar-refractivity contribution in [3.63, 3.8) is 0 Å². The molecule has 2 N–H and O–H groups in total. The predicted molar refractivity (Wildman–Crippen MR) is 58.5 cm³/mol. The minimum absolute atomic E-state index is 0.152. The molecular formula is C11H16N2O. The van der Waals surface area contributed by atoms with Crippen LogP contribution < -0.4 is 10.6 Å². The molecule has 1 rings (SSSR count). The van der Waals surface area contributed by atoms with Crippen LogP contribution in [0.1, 0.15) is 19.4 Å². The van der Waals surface area contributed by atoms with E-state index in [0.717, 1.165) is 12.1 Å². The van der Waals surface area contributed by atoms with Crippen LogP contribution in [0.5, 0.6) is 0 Å². The van der Waals surface area contributed by atoms with E-state index in [4.69, 9.17) is 0 Å². The van der Waals surface area contributed by atoms with Crippen LogP contribution in [-0.2, 0) is 6.42 Å². The summed E-state index contributed by atoms with van der Waals surface area (Å²) in [5.74, 6) is 0. The largest absolute Gasteiger partial charge is 0.338 e. The van der Waals surface area contributed by atoms with Gasteiger partial charge in [-0.15, -0.1) is 0 Å². The maximum Gasteiger partial charge on any atom is 0.319 e. The van der Waals surface area contributed by atoms with Gasteiger partial charge in [0.15, 0.2) is 0 Å². The van der Waals surface area contributed by atoms with Gasteiger partial charge >= 0.3 is 6.03 Å². The van der Waals surface area contributed by atoms with Crippen molar-refractivity contribution in [2.45, 2.75) is 20.3 Å². The van der Waals surface area contributed by atoms with Crippen molar-refractivity contribution in [3.05, 3.63) is 29.8 Å². The third-order valence-corrected chi connectivity index (χ3v) is 1.93. The lowest BCUT2D eigenvalue weighted by atomic mass is 10.1. The summed E-state index contributed by atoms with van der Waals surface area (Å²) in [6.45, 7) is 4.62. The van der Waals surface area contributed by atoms with Crippen molar-refractivity contribution in [1.82, 2.24) is 5.32 Å². The van der Waals surface area contributed by atoms with E-state index in [0.29, 0.717) is 6.54 Å². The Bertz CT molecular complexity index is 310. The Kier molecular flexibility index (Phi) is 3.98. The lowest BCUT2D eigenvalue weighted by Gasteiger charge is -2.06. The van der Waals surface area contributed by atoms with Crippen LogP contribution in [0.4, 0.5) is 10.5 Å². The van der Waals surface area contributed by atoms with E-state index >= 15 is 0 Å². The number of hydrogen-bond donors (Lipinski definition) is 2. The molecule has 0 saturated heterocycles. The van der Waals surface area contributed by atoms with Gasteiger partial charge in [-0.25, -0.2) is 4.79 Å². The molecule has 0 atom stereocenters. The maximum atomic E-state index is 11.2. The second-order valence-corrected chi connectivity index (χ2v) is 3.04. The molecule has 0 heterocycles. The quantitative estimate of drug-likeness (QED) is 0.758. The Labute approximate surface area is 84.5 Å². The minimum atomic E-state index is -0.152. The molecule has 1 aromatic rings. The Morgan fingerprint density at radius 3 is 2.79 bits per heavy atom. The van der Waals surface area contributed by atoms with Crippen molar-refractivity contribution in [2.24, 2.45) is 0 Å². The number of benzene rings is 1. The summed E-state index contributed by atoms with van der Waals surface area (Å²) in [5, 5.41) is 5.45. The smallest absolute Gasteiger partial charge is 0.319 e. The number of amides is 2. The van der Waals surface area contributed by atoms with E-state index in [-0.39, 0.29) is 6.03 Å². The molecule has 3 heteroatoms. The van der Waals surface area contributed by atoms with Crippen LogP contribution >= 0.6 is 0 Å². The second kappa shape index (κ2) is 5.27. The average Bonchev–Trinajstić information content (AvgIpc) is 2.18. The third-order valence-electron chi connectivity index (χ3n) is 1.93. The molecular weight excluding hydrogens is 176 g/mol. The highest BCUT2D eigenvalue weighted by atomic mass is 16.2. The molecule has 0 fully saturated rings. The van der Waals surface area contributed by atoms with Crippen molar-refractivity contribution in [3.8, 4) is 0 Å². The van der Waals surface area contributed by atoms with Crippen molar-refractivity contribution in [1.29, 1.82) is 0 Å². The van der Waals surface area contributed by atoms with Gasteiger partial charge in [0.25, 0.3) is 0 Å². The van der Waals surface area contributed by atoms with E-state index in [2.05, 4.69) is 17.6 Å². The Balaban J connectivity index is 2.62. The first-order valence-corrected chi connectivity index (χ1v) is 4.90. The summed E-state index contributed by atoms with van der Waals surface area (Å²) in [6.07, 6.45) is 0.977. The summed E-state index contributed by atoms with van der Waals surface area (Å²) >= 11 is 0. The van der Waals surface area contributed by atoms with Gasteiger partial charge in [-0.3, -0.25) is 0 Å². The van der Waals surface area contributed by atoms with Crippen LogP contribution in [0.15, 0.2) is 24.3 Å². The second-order valence-electron chi connectivity index (χ2n) is 3.04. The molecule has 0 spiro atoms. The number of hydrogen-bond acceptors (Lipinski definition) is 1. The number of rotatable bonds is 3. The molecule has 3 nitrogen and oxygen atoms in total. The molecule has 1 aromatic carbocycles. The molecule has 0 radical (unpaired) electrons. The van der Waals surface area contributed by atoms with E-state index in [1.807, 2.05) is 31.2 Å². The molecule has 0 aliphatic carbocycles. The highest BCUT2D eigenvalue weighted by Gasteiger charge is 1.99. The van der Waals surface area contributed by atoms with Crippen LogP contribution in [-0.4, -0.2) is 12.6 Å². The summed E-state index contributed by atoms with van der Waals surface area (Å²) < 4.78 is 0. The number of carbonyl (C=O) groups is 1. The van der Waals surface area contributed by atoms with Gasteiger partial charge < -0.3 is 10.6 Å². The fraction of sp³-hybridized carbons (Fsp3) is 0.364. The van der Waals surface area contributed by atoms with E-state index in [1.54, 1.807) is 0 Å². The first-order chi connectivity index (χ1) is 6.76. The van der Waals surface area contributed by atoms with Gasteiger partial charge in [-0.1, -0.05) is 19.1 Å². The zero-order chi connectivity index (χ0) is 10.4. The Hall–Kier alpha value is -1.51. The standard InChI is InChI=1S/C11H16N2O/c1-3-9-6-5-7-10(8-9)13-11(14)12-4-2/h5-8H,3-4H2,1-2H3,(H2,12,13,14). The van der Waals surface area contributed by atoms with Gasteiger partial charge in [-0.05, 0) is 31.0 Å². The minimum Gasteiger partial charge on any atom is -0.338 e. The topological polar surface area (TPSA) is 41.1 Å². The Morgan fingerprint density at radius 1 is 1.36 bits per heavy atom. The number of aryl methyl sites for hydroxylation is 1. The van der Waals surface area contributed by atoms with Crippen molar-refractivity contribution < 1.29 is 4.79 Å². The summed E-state index contributed by atoms with van der Waals surface area (Å²) in [6, 6.07) is 7.70. The highest BCUT2D eigenvalue weighted by Crippen LogP contribution is 2.10. The maximum absolute atomic E-state index is 11.2. The number of anilines is 1. The van der Waals surface area contributed by atoms with Crippen molar-refractivity contribution in [2.75, 3.05) is 11.9 Å². The molecule has 0 aliphatic rings. The highest BCUT2D eigenvalue weighted by molar-refractivity contribution is 5.89. The monoisotopic (exact) mass is 192 g/mol. The number of carbonyl (C=O) groups excluding carboxylic acids is 1.